The Labute approximate surface area is 76.5 Å². The van der Waals surface area contributed by atoms with E-state index >= 15 is 0 Å². The third-order valence-electron chi connectivity index (χ3n) is 1.59. The molecule has 0 saturated heterocycles. The van der Waals surface area contributed by atoms with Crippen LogP contribution in [0.15, 0.2) is 30.3 Å². The molecule has 3 N–H and O–H groups in total. The summed E-state index contributed by atoms with van der Waals surface area (Å²) in [6.07, 6.45) is 3.31. The minimum Gasteiger partial charge on any atom is -0.481 e. The van der Waals surface area contributed by atoms with E-state index in [2.05, 4.69) is 0 Å². The van der Waals surface area contributed by atoms with Gasteiger partial charge in [0.25, 0.3) is 0 Å². The van der Waals surface area contributed by atoms with Crippen molar-refractivity contribution < 1.29 is 9.90 Å². The summed E-state index contributed by atoms with van der Waals surface area (Å²) in [5.41, 5.74) is 7.15. The van der Waals surface area contributed by atoms with Gasteiger partial charge in [-0.25, -0.2) is 0 Å². The standard InChI is InChI=1S/C10H11NO2/c11-9-6-2-1-4-8(9)5-3-7-10(12)13/h1-6H,7,11H2,(H,12,13). The first-order chi connectivity index (χ1) is 6.20. The molecule has 0 spiro atoms. The van der Waals surface area contributed by atoms with E-state index in [0.717, 1.165) is 5.56 Å². The zero-order valence-corrected chi connectivity index (χ0v) is 7.10. The summed E-state index contributed by atoms with van der Waals surface area (Å²) in [7, 11) is 0. The first-order valence-electron chi connectivity index (χ1n) is 3.93. The number of nitrogens with two attached hydrogens (primary N) is 1. The molecule has 3 heteroatoms. The van der Waals surface area contributed by atoms with Gasteiger partial charge in [0.1, 0.15) is 0 Å². The largest absolute Gasteiger partial charge is 0.481 e. The van der Waals surface area contributed by atoms with Crippen LogP contribution in [-0.2, 0) is 4.79 Å². The smallest absolute Gasteiger partial charge is 0.307 e. The highest BCUT2D eigenvalue weighted by Gasteiger charge is 1.93. The number of nitrogen functional groups attached to an aromatic ring is 1. The minimum absolute atomic E-state index is 0.0222. The number of anilines is 1. The normalized spacial score (nSPS) is 10.5. The fraction of sp³-hybridized carbons (Fsp3) is 0.100. The molecule has 0 atom stereocenters. The molecule has 1 rings (SSSR count). The third kappa shape index (κ3) is 2.99. The molecule has 0 aliphatic rings. The highest BCUT2D eigenvalue weighted by atomic mass is 16.4. The van der Waals surface area contributed by atoms with E-state index in [1.54, 1.807) is 18.2 Å². The van der Waals surface area contributed by atoms with Crippen molar-refractivity contribution in [2.24, 2.45) is 0 Å². The SMILES string of the molecule is Nc1ccccc1C=CCC(=O)O. The van der Waals surface area contributed by atoms with Crippen molar-refractivity contribution in [3.05, 3.63) is 35.9 Å². The van der Waals surface area contributed by atoms with Gasteiger partial charge in [-0.15, -0.1) is 0 Å². The van der Waals surface area contributed by atoms with Crippen molar-refractivity contribution in [2.45, 2.75) is 6.42 Å². The maximum Gasteiger partial charge on any atom is 0.307 e. The fourth-order valence-corrected chi connectivity index (χ4v) is 0.949. The topological polar surface area (TPSA) is 63.3 Å². The number of hydrogen-bond acceptors (Lipinski definition) is 2. The lowest BCUT2D eigenvalue weighted by molar-refractivity contribution is -0.135. The molecule has 1 aromatic rings. The molecule has 0 amide bonds. The second-order valence-corrected chi connectivity index (χ2v) is 2.63. The van der Waals surface area contributed by atoms with Crippen LogP contribution in [0.3, 0.4) is 0 Å². The Kier molecular flexibility index (Phi) is 3.09. The molecule has 13 heavy (non-hydrogen) atoms. The number of carboxylic acids is 1. The van der Waals surface area contributed by atoms with Gasteiger partial charge >= 0.3 is 5.97 Å². The average molecular weight is 177 g/mol. The van der Waals surface area contributed by atoms with Gasteiger partial charge in [-0.2, -0.15) is 0 Å². The molecule has 0 aliphatic heterocycles. The molecule has 1 aromatic carbocycles. The lowest BCUT2D eigenvalue weighted by Gasteiger charge is -1.97. The van der Waals surface area contributed by atoms with Crippen LogP contribution in [0.25, 0.3) is 6.08 Å². The van der Waals surface area contributed by atoms with E-state index in [1.807, 2.05) is 18.2 Å². The Morgan fingerprint density at radius 1 is 1.46 bits per heavy atom. The number of rotatable bonds is 3. The second-order valence-electron chi connectivity index (χ2n) is 2.63. The van der Waals surface area contributed by atoms with Gasteiger partial charge in [-0.05, 0) is 11.6 Å². The van der Waals surface area contributed by atoms with Gasteiger partial charge in [0.15, 0.2) is 0 Å². The highest BCUT2D eigenvalue weighted by molar-refractivity contribution is 5.72. The minimum atomic E-state index is -0.842. The van der Waals surface area contributed by atoms with Crippen molar-refractivity contribution in [3.8, 4) is 0 Å². The molecular formula is C10H11NO2. The number of benzene rings is 1. The predicted molar refractivity (Wildman–Crippen MR) is 52.1 cm³/mol. The summed E-state index contributed by atoms with van der Waals surface area (Å²) in [4.78, 5) is 10.2. The molecule has 0 unspecified atom stereocenters. The van der Waals surface area contributed by atoms with Crippen LogP contribution >= 0.6 is 0 Å². The zero-order valence-electron chi connectivity index (χ0n) is 7.10. The fourth-order valence-electron chi connectivity index (χ4n) is 0.949. The van der Waals surface area contributed by atoms with Crippen molar-refractivity contribution in [1.82, 2.24) is 0 Å². The van der Waals surface area contributed by atoms with E-state index in [1.165, 1.54) is 0 Å². The molecule has 3 nitrogen and oxygen atoms in total. The number of hydrogen-bond donors (Lipinski definition) is 2. The van der Waals surface area contributed by atoms with Crippen LogP contribution in [0.5, 0.6) is 0 Å². The lowest BCUT2D eigenvalue weighted by atomic mass is 10.1. The summed E-state index contributed by atoms with van der Waals surface area (Å²) in [6, 6.07) is 7.31. The van der Waals surface area contributed by atoms with Gasteiger partial charge in [-0.3, -0.25) is 4.79 Å². The summed E-state index contributed by atoms with van der Waals surface area (Å²) in [5, 5.41) is 8.38. The summed E-state index contributed by atoms with van der Waals surface area (Å²) >= 11 is 0. The third-order valence-corrected chi connectivity index (χ3v) is 1.59. The van der Waals surface area contributed by atoms with Crippen LogP contribution in [0.2, 0.25) is 0 Å². The quantitative estimate of drug-likeness (QED) is 0.691. The highest BCUT2D eigenvalue weighted by Crippen LogP contribution is 2.12. The Morgan fingerprint density at radius 2 is 2.15 bits per heavy atom. The number of carbonyl (C=O) groups is 1. The molecular weight excluding hydrogens is 166 g/mol. The summed E-state index contributed by atoms with van der Waals surface area (Å²) in [6.45, 7) is 0. The van der Waals surface area contributed by atoms with Crippen LogP contribution < -0.4 is 5.73 Å². The summed E-state index contributed by atoms with van der Waals surface area (Å²) < 4.78 is 0. The number of carboxylic acid groups (broad SMARTS) is 1. The van der Waals surface area contributed by atoms with Gasteiger partial charge in [-0.1, -0.05) is 30.4 Å². The molecule has 0 radical (unpaired) electrons. The Balaban J connectivity index is 2.68. The maximum absolute atomic E-state index is 10.2. The Bertz CT molecular complexity index is 331. The average Bonchev–Trinajstić information content (AvgIpc) is 2.08. The molecule has 0 saturated carbocycles. The molecule has 0 fully saturated rings. The van der Waals surface area contributed by atoms with Crippen molar-refractivity contribution in [2.75, 3.05) is 5.73 Å². The van der Waals surface area contributed by atoms with E-state index in [0.29, 0.717) is 5.69 Å². The van der Waals surface area contributed by atoms with Crippen LogP contribution in [0, 0.1) is 0 Å². The lowest BCUT2D eigenvalue weighted by Crippen LogP contribution is -1.91. The van der Waals surface area contributed by atoms with Gasteiger partial charge in [0.2, 0.25) is 0 Å². The zero-order chi connectivity index (χ0) is 9.68. The van der Waals surface area contributed by atoms with E-state index in [-0.39, 0.29) is 6.42 Å². The van der Waals surface area contributed by atoms with Gasteiger partial charge in [0.05, 0.1) is 6.42 Å². The van der Waals surface area contributed by atoms with Crippen molar-refractivity contribution in [1.29, 1.82) is 0 Å². The van der Waals surface area contributed by atoms with E-state index in [9.17, 15) is 4.79 Å². The van der Waals surface area contributed by atoms with Crippen molar-refractivity contribution >= 4 is 17.7 Å². The summed E-state index contributed by atoms with van der Waals surface area (Å²) in [5.74, 6) is -0.842. The van der Waals surface area contributed by atoms with Crippen LogP contribution in [0.1, 0.15) is 12.0 Å². The second kappa shape index (κ2) is 4.30. The van der Waals surface area contributed by atoms with Gasteiger partial charge < -0.3 is 10.8 Å². The Morgan fingerprint density at radius 3 is 2.77 bits per heavy atom. The first kappa shape index (κ1) is 9.32. The number of aliphatic carboxylic acids is 1. The van der Waals surface area contributed by atoms with Crippen LogP contribution in [0.4, 0.5) is 5.69 Å². The predicted octanol–water partition coefficient (Wildman–Crippen LogP) is 1.76. The molecule has 0 aromatic heterocycles. The molecule has 68 valence electrons. The Hall–Kier alpha value is -1.77. The molecule has 0 heterocycles. The maximum atomic E-state index is 10.2. The van der Waals surface area contributed by atoms with Gasteiger partial charge in [0, 0.05) is 5.69 Å². The van der Waals surface area contributed by atoms with Crippen LogP contribution in [-0.4, -0.2) is 11.1 Å². The van der Waals surface area contributed by atoms with E-state index < -0.39 is 5.97 Å². The molecule has 0 bridgehead atoms. The van der Waals surface area contributed by atoms with Crippen molar-refractivity contribution in [3.63, 3.8) is 0 Å². The molecule has 0 aliphatic carbocycles. The first-order valence-corrected chi connectivity index (χ1v) is 3.93. The van der Waals surface area contributed by atoms with E-state index in [4.69, 9.17) is 10.8 Å². The number of para-hydroxylation sites is 1. The monoisotopic (exact) mass is 177 g/mol.